The van der Waals surface area contributed by atoms with Crippen molar-refractivity contribution in [3.8, 4) is 0 Å². The molecule has 0 bridgehead atoms. The van der Waals surface area contributed by atoms with E-state index in [1.807, 2.05) is 0 Å². The maximum absolute atomic E-state index is 14.0. The van der Waals surface area contributed by atoms with Crippen molar-refractivity contribution in [2.45, 2.75) is 25.3 Å². The number of aromatic nitrogens is 2. The van der Waals surface area contributed by atoms with E-state index in [0.717, 1.165) is 12.8 Å². The second-order valence-electron chi connectivity index (χ2n) is 6.09. The van der Waals surface area contributed by atoms with E-state index in [1.54, 1.807) is 21.9 Å². The van der Waals surface area contributed by atoms with Gasteiger partial charge in [0.05, 0.1) is 5.56 Å². The number of imidazole rings is 1. The molecular formula is C17H18ClFN4O2. The van der Waals surface area contributed by atoms with E-state index in [2.05, 4.69) is 4.98 Å². The van der Waals surface area contributed by atoms with Crippen molar-refractivity contribution in [2.75, 3.05) is 13.1 Å². The number of benzene rings is 1. The molecule has 1 fully saturated rings. The van der Waals surface area contributed by atoms with Crippen molar-refractivity contribution in [3.63, 3.8) is 0 Å². The van der Waals surface area contributed by atoms with E-state index in [0.29, 0.717) is 23.9 Å². The molecule has 0 radical (unpaired) electrons. The van der Waals surface area contributed by atoms with Crippen LogP contribution in [0.25, 0.3) is 0 Å². The van der Waals surface area contributed by atoms with Crippen LogP contribution in [0.3, 0.4) is 0 Å². The first kappa shape index (κ1) is 17.4. The topological polar surface area (TPSA) is 81.2 Å². The zero-order valence-corrected chi connectivity index (χ0v) is 14.2. The standard InChI is InChI=1S/C17H18ClFN4O2/c18-12-3-4-14(19)13(8-12)17(25)23-6-1-2-11(9-23)16-21-5-7-22(16)10-15(20)24/h3-5,7-8,11H,1-2,6,9-10H2,(H2,20,24). The fourth-order valence-electron chi connectivity index (χ4n) is 3.19. The molecule has 2 amide bonds. The number of piperidine rings is 1. The van der Waals surface area contributed by atoms with Gasteiger partial charge in [0.1, 0.15) is 18.2 Å². The molecule has 0 aliphatic carbocycles. The minimum absolute atomic E-state index is 0.0331. The highest BCUT2D eigenvalue weighted by Crippen LogP contribution is 2.27. The molecule has 132 valence electrons. The van der Waals surface area contributed by atoms with E-state index >= 15 is 0 Å². The molecule has 1 saturated heterocycles. The van der Waals surface area contributed by atoms with E-state index in [-0.39, 0.29) is 18.0 Å². The summed E-state index contributed by atoms with van der Waals surface area (Å²) in [6, 6.07) is 3.95. The van der Waals surface area contributed by atoms with E-state index in [1.165, 1.54) is 18.2 Å². The molecule has 6 nitrogen and oxygen atoms in total. The maximum atomic E-state index is 14.0. The van der Waals surface area contributed by atoms with Crippen LogP contribution in [0.15, 0.2) is 30.6 Å². The van der Waals surface area contributed by atoms with Crippen LogP contribution in [-0.4, -0.2) is 39.4 Å². The predicted octanol–water partition coefficient (Wildman–Crippen LogP) is 2.18. The van der Waals surface area contributed by atoms with Gasteiger partial charge in [0.15, 0.2) is 0 Å². The number of hydrogen-bond acceptors (Lipinski definition) is 3. The minimum atomic E-state index is -0.591. The molecule has 3 rings (SSSR count). The molecule has 1 aromatic heterocycles. The Morgan fingerprint density at radius 1 is 1.40 bits per heavy atom. The fourth-order valence-corrected chi connectivity index (χ4v) is 3.36. The molecule has 25 heavy (non-hydrogen) atoms. The molecule has 2 N–H and O–H groups in total. The molecule has 0 saturated carbocycles. The third kappa shape index (κ3) is 3.82. The smallest absolute Gasteiger partial charge is 0.256 e. The molecular weight excluding hydrogens is 347 g/mol. The largest absolute Gasteiger partial charge is 0.368 e. The summed E-state index contributed by atoms with van der Waals surface area (Å²) in [5.74, 6) is -0.759. The lowest BCUT2D eigenvalue weighted by Gasteiger charge is -2.32. The summed E-state index contributed by atoms with van der Waals surface area (Å²) < 4.78 is 15.7. The summed E-state index contributed by atoms with van der Waals surface area (Å²) in [4.78, 5) is 29.8. The normalized spacial score (nSPS) is 17.5. The SMILES string of the molecule is NC(=O)Cn1ccnc1C1CCCN(C(=O)c2cc(Cl)ccc2F)C1. The number of likely N-dealkylation sites (tertiary alicyclic amines) is 1. The zero-order valence-electron chi connectivity index (χ0n) is 13.5. The van der Waals surface area contributed by atoms with Gasteiger partial charge < -0.3 is 15.2 Å². The lowest BCUT2D eigenvalue weighted by molar-refractivity contribution is -0.118. The second kappa shape index (κ2) is 7.23. The Morgan fingerprint density at radius 2 is 2.20 bits per heavy atom. The number of nitrogens with zero attached hydrogens (tertiary/aromatic N) is 3. The van der Waals surface area contributed by atoms with Crippen molar-refractivity contribution in [2.24, 2.45) is 5.73 Å². The van der Waals surface area contributed by atoms with Gasteiger partial charge in [0.2, 0.25) is 5.91 Å². The third-order valence-corrected chi connectivity index (χ3v) is 4.54. The number of hydrogen-bond donors (Lipinski definition) is 1. The summed E-state index contributed by atoms with van der Waals surface area (Å²) in [6.45, 7) is 0.987. The van der Waals surface area contributed by atoms with Gasteiger partial charge in [-0.2, -0.15) is 0 Å². The molecule has 1 atom stereocenters. The summed E-state index contributed by atoms with van der Waals surface area (Å²) in [5.41, 5.74) is 5.22. The Hall–Kier alpha value is -2.41. The fraction of sp³-hybridized carbons (Fsp3) is 0.353. The average molecular weight is 365 g/mol. The van der Waals surface area contributed by atoms with Crippen LogP contribution in [0.1, 0.15) is 34.9 Å². The monoisotopic (exact) mass is 364 g/mol. The first-order valence-corrected chi connectivity index (χ1v) is 8.37. The molecule has 2 heterocycles. The van der Waals surface area contributed by atoms with Crippen molar-refractivity contribution in [1.29, 1.82) is 0 Å². The Labute approximate surface area is 149 Å². The number of primary amides is 1. The van der Waals surface area contributed by atoms with Gasteiger partial charge in [0, 0.05) is 36.4 Å². The van der Waals surface area contributed by atoms with Gasteiger partial charge >= 0.3 is 0 Å². The number of halogens is 2. The van der Waals surface area contributed by atoms with E-state index in [9.17, 15) is 14.0 Å². The molecule has 1 unspecified atom stereocenters. The zero-order chi connectivity index (χ0) is 18.0. The summed E-state index contributed by atoms with van der Waals surface area (Å²) >= 11 is 5.88. The van der Waals surface area contributed by atoms with Gasteiger partial charge in [0.25, 0.3) is 5.91 Å². The number of carbonyl (C=O) groups excluding carboxylic acids is 2. The lowest BCUT2D eigenvalue weighted by atomic mass is 9.96. The number of carbonyl (C=O) groups is 2. The molecule has 2 aromatic rings. The van der Waals surface area contributed by atoms with E-state index < -0.39 is 17.6 Å². The van der Waals surface area contributed by atoms with Gasteiger partial charge in [-0.25, -0.2) is 9.37 Å². The van der Waals surface area contributed by atoms with Crippen LogP contribution >= 0.6 is 11.6 Å². The predicted molar refractivity (Wildman–Crippen MR) is 90.7 cm³/mol. The average Bonchev–Trinajstić information content (AvgIpc) is 3.04. The Balaban J connectivity index is 1.79. The van der Waals surface area contributed by atoms with Crippen molar-refractivity contribution >= 4 is 23.4 Å². The minimum Gasteiger partial charge on any atom is -0.368 e. The summed E-state index contributed by atoms with van der Waals surface area (Å²) in [6.07, 6.45) is 4.90. The van der Waals surface area contributed by atoms with Crippen LogP contribution in [0.4, 0.5) is 4.39 Å². The lowest BCUT2D eigenvalue weighted by Crippen LogP contribution is -2.40. The highest BCUT2D eigenvalue weighted by Gasteiger charge is 2.29. The summed E-state index contributed by atoms with van der Waals surface area (Å²) in [7, 11) is 0. The Morgan fingerprint density at radius 3 is 2.96 bits per heavy atom. The first-order valence-electron chi connectivity index (χ1n) is 7.99. The molecule has 1 aliphatic heterocycles. The molecule has 1 aliphatic rings. The van der Waals surface area contributed by atoms with Crippen LogP contribution in [0.2, 0.25) is 5.02 Å². The highest BCUT2D eigenvalue weighted by atomic mass is 35.5. The van der Waals surface area contributed by atoms with E-state index in [4.69, 9.17) is 17.3 Å². The first-order chi connectivity index (χ1) is 12.0. The van der Waals surface area contributed by atoms with Gasteiger partial charge in [-0.1, -0.05) is 11.6 Å². The number of nitrogens with two attached hydrogens (primary N) is 1. The maximum Gasteiger partial charge on any atom is 0.256 e. The summed E-state index contributed by atoms with van der Waals surface area (Å²) in [5, 5.41) is 0.315. The van der Waals surface area contributed by atoms with Crippen molar-refractivity contribution in [1.82, 2.24) is 14.5 Å². The Kier molecular flexibility index (Phi) is 5.03. The van der Waals surface area contributed by atoms with Crippen molar-refractivity contribution in [3.05, 3.63) is 52.8 Å². The van der Waals surface area contributed by atoms with Crippen LogP contribution < -0.4 is 5.73 Å². The van der Waals surface area contributed by atoms with Gasteiger partial charge in [-0.3, -0.25) is 9.59 Å². The quantitative estimate of drug-likeness (QED) is 0.902. The highest BCUT2D eigenvalue weighted by molar-refractivity contribution is 6.31. The molecule has 1 aromatic carbocycles. The molecule has 8 heteroatoms. The van der Waals surface area contributed by atoms with Crippen LogP contribution in [0, 0.1) is 5.82 Å². The van der Waals surface area contributed by atoms with Crippen LogP contribution in [0.5, 0.6) is 0 Å². The molecule has 0 spiro atoms. The van der Waals surface area contributed by atoms with Gasteiger partial charge in [-0.05, 0) is 31.0 Å². The Bertz CT molecular complexity index is 808. The van der Waals surface area contributed by atoms with Crippen LogP contribution in [-0.2, 0) is 11.3 Å². The number of amides is 2. The number of rotatable bonds is 4. The third-order valence-electron chi connectivity index (χ3n) is 4.31. The second-order valence-corrected chi connectivity index (χ2v) is 6.53. The van der Waals surface area contributed by atoms with Gasteiger partial charge in [-0.15, -0.1) is 0 Å². The van der Waals surface area contributed by atoms with Crippen molar-refractivity contribution < 1.29 is 14.0 Å².